The van der Waals surface area contributed by atoms with Crippen LogP contribution in [0.5, 0.6) is 0 Å². The third-order valence-electron chi connectivity index (χ3n) is 3.61. The van der Waals surface area contributed by atoms with Gasteiger partial charge in [-0.1, -0.05) is 60.1 Å². The maximum absolute atomic E-state index is 13.6. The van der Waals surface area contributed by atoms with E-state index in [1.165, 1.54) is 18.3 Å². The molecule has 0 spiro atoms. The number of carbonyl (C=O) groups is 1. The monoisotopic (exact) mass is 352 g/mol. The topological polar surface area (TPSA) is 41.5 Å². The minimum Gasteiger partial charge on any atom is -0.267 e. The van der Waals surface area contributed by atoms with Gasteiger partial charge in [0.25, 0.3) is 5.91 Å². The van der Waals surface area contributed by atoms with Crippen LogP contribution in [-0.2, 0) is 0 Å². The molecule has 3 aromatic rings. The van der Waals surface area contributed by atoms with Crippen LogP contribution in [0.2, 0.25) is 5.02 Å². The number of halogens is 2. The van der Waals surface area contributed by atoms with Crippen LogP contribution in [-0.4, -0.2) is 12.1 Å². The Morgan fingerprint density at radius 1 is 0.920 bits per heavy atom. The van der Waals surface area contributed by atoms with E-state index in [2.05, 4.69) is 10.5 Å². The van der Waals surface area contributed by atoms with E-state index in [0.717, 1.165) is 11.1 Å². The predicted octanol–water partition coefficient (Wildman–Crippen LogP) is 4.91. The maximum Gasteiger partial charge on any atom is 0.271 e. The van der Waals surface area contributed by atoms with Crippen molar-refractivity contribution in [1.29, 1.82) is 0 Å². The first kappa shape index (κ1) is 16.9. The summed E-state index contributed by atoms with van der Waals surface area (Å²) in [5, 5.41) is 4.00. The predicted molar refractivity (Wildman–Crippen MR) is 98.3 cm³/mol. The number of benzene rings is 3. The van der Waals surface area contributed by atoms with Crippen molar-refractivity contribution in [3.8, 4) is 11.1 Å². The molecule has 1 N–H and O–H groups in total. The number of nitrogens with zero attached hydrogens (tertiary/aromatic N) is 1. The van der Waals surface area contributed by atoms with Gasteiger partial charge in [0.2, 0.25) is 0 Å². The second-order valence-corrected chi connectivity index (χ2v) is 5.69. The summed E-state index contributed by atoms with van der Waals surface area (Å²) in [6.45, 7) is 0. The summed E-state index contributed by atoms with van der Waals surface area (Å²) in [6.07, 6.45) is 1.19. The number of rotatable bonds is 4. The molecule has 0 aromatic heterocycles. The molecule has 5 heteroatoms. The van der Waals surface area contributed by atoms with E-state index in [0.29, 0.717) is 5.56 Å². The smallest absolute Gasteiger partial charge is 0.267 e. The summed E-state index contributed by atoms with van der Waals surface area (Å²) in [7, 11) is 0. The van der Waals surface area contributed by atoms with E-state index >= 15 is 0 Å². The Hall–Kier alpha value is -2.98. The Balaban J connectivity index is 1.68. The van der Waals surface area contributed by atoms with Gasteiger partial charge in [-0.2, -0.15) is 5.10 Å². The van der Waals surface area contributed by atoms with Crippen molar-refractivity contribution in [2.45, 2.75) is 0 Å². The summed E-state index contributed by atoms with van der Waals surface area (Å²) in [4.78, 5) is 12.1. The second-order valence-electron chi connectivity index (χ2n) is 5.28. The van der Waals surface area contributed by atoms with Crippen molar-refractivity contribution in [2.24, 2.45) is 5.10 Å². The minimum absolute atomic E-state index is 0.129. The molecule has 0 aliphatic rings. The highest BCUT2D eigenvalue weighted by Crippen LogP contribution is 2.19. The first-order chi connectivity index (χ1) is 12.1. The van der Waals surface area contributed by atoms with Gasteiger partial charge in [-0.05, 0) is 35.4 Å². The van der Waals surface area contributed by atoms with Crippen molar-refractivity contribution < 1.29 is 9.18 Å². The third-order valence-corrected chi connectivity index (χ3v) is 3.94. The molecule has 3 rings (SSSR count). The molecule has 3 aromatic carbocycles. The van der Waals surface area contributed by atoms with E-state index in [1.807, 2.05) is 42.5 Å². The number of hydrogen-bond donors (Lipinski definition) is 1. The summed E-state index contributed by atoms with van der Waals surface area (Å²) < 4.78 is 13.6. The highest BCUT2D eigenvalue weighted by molar-refractivity contribution is 6.33. The lowest BCUT2D eigenvalue weighted by Gasteiger charge is -2.04. The largest absolute Gasteiger partial charge is 0.271 e. The zero-order chi connectivity index (χ0) is 17.6. The van der Waals surface area contributed by atoms with Gasteiger partial charge >= 0.3 is 0 Å². The zero-order valence-electron chi connectivity index (χ0n) is 13.1. The first-order valence-corrected chi connectivity index (χ1v) is 7.96. The Kier molecular flexibility index (Phi) is 5.21. The van der Waals surface area contributed by atoms with Crippen LogP contribution in [0.15, 0.2) is 77.9 Å². The summed E-state index contributed by atoms with van der Waals surface area (Å²) in [6, 6.07) is 21.3. The second kappa shape index (κ2) is 7.73. The number of carbonyl (C=O) groups excluding carboxylic acids is 1. The Morgan fingerprint density at radius 2 is 1.60 bits per heavy atom. The molecule has 0 heterocycles. The van der Waals surface area contributed by atoms with Crippen molar-refractivity contribution in [2.75, 3.05) is 0 Å². The summed E-state index contributed by atoms with van der Waals surface area (Å²) in [5.41, 5.74) is 5.03. The maximum atomic E-state index is 13.6. The Morgan fingerprint density at radius 3 is 2.28 bits per heavy atom. The van der Waals surface area contributed by atoms with E-state index in [-0.39, 0.29) is 16.5 Å². The number of nitrogens with one attached hydrogen (secondary N) is 1. The minimum atomic E-state index is -0.502. The average Bonchev–Trinajstić information content (AvgIpc) is 2.65. The molecule has 0 fully saturated rings. The van der Waals surface area contributed by atoms with E-state index < -0.39 is 5.82 Å². The molecule has 0 aliphatic carbocycles. The quantitative estimate of drug-likeness (QED) is 0.526. The van der Waals surface area contributed by atoms with Gasteiger partial charge in [0.1, 0.15) is 5.82 Å². The van der Waals surface area contributed by atoms with Crippen LogP contribution >= 0.6 is 11.6 Å². The molecule has 1 amide bonds. The molecule has 3 nitrogen and oxygen atoms in total. The third kappa shape index (κ3) is 4.11. The van der Waals surface area contributed by atoms with Crippen molar-refractivity contribution in [3.63, 3.8) is 0 Å². The summed E-state index contributed by atoms with van der Waals surface area (Å²) in [5.74, 6) is -0.888. The van der Waals surface area contributed by atoms with Gasteiger partial charge < -0.3 is 0 Å². The van der Waals surface area contributed by atoms with Crippen LogP contribution in [0, 0.1) is 5.82 Å². The van der Waals surface area contributed by atoms with Crippen LogP contribution in [0.3, 0.4) is 0 Å². The van der Waals surface area contributed by atoms with Crippen molar-refractivity contribution in [1.82, 2.24) is 5.43 Å². The fourth-order valence-corrected chi connectivity index (χ4v) is 2.51. The zero-order valence-corrected chi connectivity index (χ0v) is 13.9. The molecule has 0 atom stereocenters. The molecule has 0 unspecified atom stereocenters. The van der Waals surface area contributed by atoms with Gasteiger partial charge in [-0.25, -0.2) is 9.82 Å². The van der Waals surface area contributed by atoms with Gasteiger partial charge in [-0.15, -0.1) is 0 Å². The lowest BCUT2D eigenvalue weighted by molar-refractivity contribution is 0.0955. The van der Waals surface area contributed by atoms with Crippen LogP contribution < -0.4 is 5.43 Å². The van der Waals surface area contributed by atoms with Crippen LogP contribution in [0.4, 0.5) is 4.39 Å². The standard InChI is InChI=1S/C20H14ClFN2O/c21-18-7-4-8-19(22)17(18)13-23-24-20(25)16-11-9-15(10-12-16)14-5-2-1-3-6-14/h1-13H,(H,24,25). The molecule has 0 bridgehead atoms. The van der Waals surface area contributed by atoms with Crippen LogP contribution in [0.25, 0.3) is 11.1 Å². The molecule has 0 radical (unpaired) electrons. The molecule has 0 saturated heterocycles. The molecular weight excluding hydrogens is 339 g/mol. The molecule has 0 aliphatic heterocycles. The highest BCUT2D eigenvalue weighted by Gasteiger charge is 2.06. The number of hydrogen-bond acceptors (Lipinski definition) is 2. The van der Waals surface area contributed by atoms with Crippen LogP contribution in [0.1, 0.15) is 15.9 Å². The number of hydrazone groups is 1. The lowest BCUT2D eigenvalue weighted by Crippen LogP contribution is -2.17. The van der Waals surface area contributed by atoms with E-state index in [4.69, 9.17) is 11.6 Å². The van der Waals surface area contributed by atoms with E-state index in [9.17, 15) is 9.18 Å². The van der Waals surface area contributed by atoms with Gasteiger partial charge in [-0.3, -0.25) is 4.79 Å². The fraction of sp³-hybridized carbons (Fsp3) is 0. The van der Waals surface area contributed by atoms with Crippen molar-refractivity contribution in [3.05, 3.63) is 94.8 Å². The van der Waals surface area contributed by atoms with Gasteiger partial charge in [0.05, 0.1) is 11.2 Å². The SMILES string of the molecule is O=C(NN=Cc1c(F)cccc1Cl)c1ccc(-c2ccccc2)cc1. The van der Waals surface area contributed by atoms with Gasteiger partial charge in [0.15, 0.2) is 0 Å². The number of amides is 1. The molecule has 25 heavy (non-hydrogen) atoms. The Bertz CT molecular complexity index is 888. The van der Waals surface area contributed by atoms with Crippen molar-refractivity contribution >= 4 is 23.7 Å². The van der Waals surface area contributed by atoms with E-state index in [1.54, 1.807) is 18.2 Å². The lowest BCUT2D eigenvalue weighted by atomic mass is 10.0. The molecule has 124 valence electrons. The fourth-order valence-electron chi connectivity index (χ4n) is 2.30. The Labute approximate surface area is 149 Å². The summed E-state index contributed by atoms with van der Waals surface area (Å²) >= 11 is 5.89. The first-order valence-electron chi connectivity index (χ1n) is 7.58. The molecular formula is C20H14ClFN2O. The normalized spacial score (nSPS) is 10.8. The molecule has 0 saturated carbocycles. The average molecular weight is 353 g/mol. The highest BCUT2D eigenvalue weighted by atomic mass is 35.5. The van der Waals surface area contributed by atoms with Gasteiger partial charge in [0, 0.05) is 11.1 Å².